The number of amides is 1. The Balaban J connectivity index is 3.50. The second-order valence-electron chi connectivity index (χ2n) is 3.92. The number of nitrogens with one attached hydrogen (secondary N) is 2. The first kappa shape index (κ1) is 13.4. The molecule has 0 saturated heterocycles. The lowest BCUT2D eigenvalue weighted by molar-refractivity contribution is -0.122. The maximum atomic E-state index is 11.3. The molecule has 0 aromatic carbocycles. The van der Waals surface area contributed by atoms with Crippen LogP contribution in [0.2, 0.25) is 0 Å². The molecule has 0 fully saturated rings. The van der Waals surface area contributed by atoms with E-state index in [9.17, 15) is 4.79 Å². The fourth-order valence-electron chi connectivity index (χ4n) is 1.22. The van der Waals surface area contributed by atoms with Crippen molar-refractivity contribution in [2.24, 2.45) is 0 Å². The normalized spacial score (nSPS) is 11.0. The highest BCUT2D eigenvalue weighted by atomic mass is 16.2. The smallest absolute Gasteiger partial charge is 0.234 e. The molecule has 0 aliphatic carbocycles. The molecule has 0 spiro atoms. The van der Waals surface area contributed by atoms with E-state index in [1.807, 2.05) is 32.8 Å². The van der Waals surface area contributed by atoms with Crippen LogP contribution in [-0.2, 0) is 4.79 Å². The summed E-state index contributed by atoms with van der Waals surface area (Å²) in [7, 11) is 3.90. The average molecular weight is 201 g/mol. The molecule has 0 aromatic rings. The molecule has 0 aliphatic rings. The fraction of sp³-hybridized carbons (Fsp3) is 0.900. The Morgan fingerprint density at radius 1 is 1.43 bits per heavy atom. The lowest BCUT2D eigenvalue weighted by atomic mass is 10.3. The number of nitrogens with zero attached hydrogens (tertiary/aromatic N) is 1. The van der Waals surface area contributed by atoms with Crippen LogP contribution in [0.4, 0.5) is 0 Å². The number of likely N-dealkylation sites (N-methyl/N-ethyl adjacent to an activating group) is 1. The summed E-state index contributed by atoms with van der Waals surface area (Å²) in [5.41, 5.74) is 0. The molecule has 0 heterocycles. The third-order valence-corrected chi connectivity index (χ3v) is 1.83. The molecule has 0 bridgehead atoms. The van der Waals surface area contributed by atoms with E-state index in [1.165, 1.54) is 0 Å². The third-order valence-electron chi connectivity index (χ3n) is 1.83. The molecular weight excluding hydrogens is 178 g/mol. The SMILES string of the molecule is CNCCCN(C)CC(=O)NC(C)C. The highest BCUT2D eigenvalue weighted by Gasteiger charge is 2.06. The summed E-state index contributed by atoms with van der Waals surface area (Å²) < 4.78 is 0. The van der Waals surface area contributed by atoms with Gasteiger partial charge in [0.25, 0.3) is 0 Å². The van der Waals surface area contributed by atoms with Crippen molar-refractivity contribution in [2.45, 2.75) is 26.3 Å². The van der Waals surface area contributed by atoms with Gasteiger partial charge in [0.1, 0.15) is 0 Å². The topological polar surface area (TPSA) is 44.4 Å². The van der Waals surface area contributed by atoms with E-state index < -0.39 is 0 Å². The van der Waals surface area contributed by atoms with Crippen molar-refractivity contribution >= 4 is 5.91 Å². The minimum absolute atomic E-state index is 0.104. The van der Waals surface area contributed by atoms with E-state index in [0.29, 0.717) is 6.54 Å². The highest BCUT2D eigenvalue weighted by Crippen LogP contribution is 1.87. The van der Waals surface area contributed by atoms with Gasteiger partial charge in [-0.05, 0) is 47.5 Å². The maximum Gasteiger partial charge on any atom is 0.234 e. The third kappa shape index (κ3) is 8.01. The van der Waals surface area contributed by atoms with Crippen LogP contribution in [0.1, 0.15) is 20.3 Å². The zero-order valence-corrected chi connectivity index (χ0v) is 9.76. The summed E-state index contributed by atoms with van der Waals surface area (Å²) in [6, 6.07) is 0.230. The van der Waals surface area contributed by atoms with E-state index in [0.717, 1.165) is 19.5 Å². The molecule has 0 radical (unpaired) electrons. The van der Waals surface area contributed by atoms with Gasteiger partial charge in [0.2, 0.25) is 5.91 Å². The molecule has 4 nitrogen and oxygen atoms in total. The molecule has 4 heteroatoms. The van der Waals surface area contributed by atoms with E-state index in [2.05, 4.69) is 10.6 Å². The predicted molar refractivity (Wildman–Crippen MR) is 59.3 cm³/mol. The Kier molecular flexibility index (Phi) is 7.42. The quantitative estimate of drug-likeness (QED) is 0.572. The molecule has 2 N–H and O–H groups in total. The molecular formula is C10H23N3O. The minimum Gasteiger partial charge on any atom is -0.353 e. The number of carbonyl (C=O) groups excluding carboxylic acids is 1. The van der Waals surface area contributed by atoms with Crippen LogP contribution in [0, 0.1) is 0 Å². The van der Waals surface area contributed by atoms with Crippen molar-refractivity contribution in [2.75, 3.05) is 33.7 Å². The van der Waals surface area contributed by atoms with Crippen LogP contribution in [0.25, 0.3) is 0 Å². The van der Waals surface area contributed by atoms with Gasteiger partial charge in [-0.3, -0.25) is 9.69 Å². The average Bonchev–Trinajstić information content (AvgIpc) is 2.02. The lowest BCUT2D eigenvalue weighted by Crippen LogP contribution is -2.39. The van der Waals surface area contributed by atoms with Crippen LogP contribution in [0.5, 0.6) is 0 Å². The molecule has 1 amide bonds. The summed E-state index contributed by atoms with van der Waals surface area (Å²) in [6.07, 6.45) is 1.07. The van der Waals surface area contributed by atoms with Gasteiger partial charge < -0.3 is 10.6 Å². The molecule has 0 atom stereocenters. The first-order valence-corrected chi connectivity index (χ1v) is 5.18. The Hall–Kier alpha value is -0.610. The van der Waals surface area contributed by atoms with Gasteiger partial charge in [0.15, 0.2) is 0 Å². The Bertz CT molecular complexity index is 159. The number of hydrogen-bond acceptors (Lipinski definition) is 3. The summed E-state index contributed by atoms with van der Waals surface area (Å²) in [6.45, 7) is 6.38. The first-order valence-electron chi connectivity index (χ1n) is 5.18. The summed E-state index contributed by atoms with van der Waals surface area (Å²) in [5, 5.41) is 5.95. The van der Waals surface area contributed by atoms with E-state index in [1.54, 1.807) is 0 Å². The lowest BCUT2D eigenvalue weighted by Gasteiger charge is -2.17. The maximum absolute atomic E-state index is 11.3. The Labute approximate surface area is 87.0 Å². The Morgan fingerprint density at radius 3 is 2.57 bits per heavy atom. The van der Waals surface area contributed by atoms with E-state index >= 15 is 0 Å². The summed E-state index contributed by atoms with van der Waals surface area (Å²) >= 11 is 0. The van der Waals surface area contributed by atoms with Crippen LogP contribution >= 0.6 is 0 Å². The van der Waals surface area contributed by atoms with Gasteiger partial charge in [-0.2, -0.15) is 0 Å². The van der Waals surface area contributed by atoms with Gasteiger partial charge in [-0.1, -0.05) is 0 Å². The van der Waals surface area contributed by atoms with E-state index in [-0.39, 0.29) is 11.9 Å². The molecule has 0 unspecified atom stereocenters. The van der Waals surface area contributed by atoms with Crippen molar-refractivity contribution in [1.29, 1.82) is 0 Å². The summed E-state index contributed by atoms with van der Waals surface area (Å²) in [4.78, 5) is 13.4. The van der Waals surface area contributed by atoms with Gasteiger partial charge in [0.05, 0.1) is 6.54 Å². The molecule has 14 heavy (non-hydrogen) atoms. The molecule has 84 valence electrons. The first-order chi connectivity index (χ1) is 6.56. The van der Waals surface area contributed by atoms with Gasteiger partial charge in [-0.25, -0.2) is 0 Å². The highest BCUT2D eigenvalue weighted by molar-refractivity contribution is 5.78. The number of rotatable bonds is 7. The largest absolute Gasteiger partial charge is 0.353 e. The predicted octanol–water partition coefficient (Wildman–Crippen LogP) is 0.0523. The minimum atomic E-state index is 0.104. The zero-order chi connectivity index (χ0) is 11.0. The summed E-state index contributed by atoms with van der Waals surface area (Å²) in [5.74, 6) is 0.104. The molecule has 0 aliphatic heterocycles. The Morgan fingerprint density at radius 2 is 2.07 bits per heavy atom. The van der Waals surface area contributed by atoms with Crippen molar-refractivity contribution in [1.82, 2.24) is 15.5 Å². The van der Waals surface area contributed by atoms with Crippen LogP contribution in [-0.4, -0.2) is 50.6 Å². The van der Waals surface area contributed by atoms with Crippen molar-refractivity contribution in [3.05, 3.63) is 0 Å². The monoisotopic (exact) mass is 201 g/mol. The zero-order valence-electron chi connectivity index (χ0n) is 9.76. The second-order valence-corrected chi connectivity index (χ2v) is 3.92. The van der Waals surface area contributed by atoms with Crippen LogP contribution in [0.15, 0.2) is 0 Å². The molecule has 0 aromatic heterocycles. The molecule has 0 saturated carbocycles. The van der Waals surface area contributed by atoms with Gasteiger partial charge in [-0.15, -0.1) is 0 Å². The number of carbonyl (C=O) groups is 1. The van der Waals surface area contributed by atoms with Crippen molar-refractivity contribution in [3.63, 3.8) is 0 Å². The van der Waals surface area contributed by atoms with Crippen molar-refractivity contribution in [3.8, 4) is 0 Å². The van der Waals surface area contributed by atoms with E-state index in [4.69, 9.17) is 0 Å². The van der Waals surface area contributed by atoms with Gasteiger partial charge in [0, 0.05) is 6.04 Å². The standard InChI is InChI=1S/C10H23N3O/c1-9(2)12-10(14)8-13(4)7-5-6-11-3/h9,11H,5-8H2,1-4H3,(H,12,14). The van der Waals surface area contributed by atoms with Crippen LogP contribution in [0.3, 0.4) is 0 Å². The molecule has 0 rings (SSSR count). The van der Waals surface area contributed by atoms with Crippen molar-refractivity contribution < 1.29 is 4.79 Å². The second kappa shape index (κ2) is 7.76. The van der Waals surface area contributed by atoms with Crippen LogP contribution < -0.4 is 10.6 Å². The fourth-order valence-corrected chi connectivity index (χ4v) is 1.22. The van der Waals surface area contributed by atoms with Gasteiger partial charge >= 0.3 is 0 Å². The number of hydrogen-bond donors (Lipinski definition) is 2.